The lowest BCUT2D eigenvalue weighted by molar-refractivity contribution is 0.0729. The summed E-state index contributed by atoms with van der Waals surface area (Å²) in [6, 6.07) is 11.3. The van der Waals surface area contributed by atoms with E-state index in [1.807, 2.05) is 0 Å². The van der Waals surface area contributed by atoms with Crippen molar-refractivity contribution in [3.05, 3.63) is 69.3 Å². The molecule has 31 heavy (non-hydrogen) atoms. The van der Waals surface area contributed by atoms with Crippen molar-refractivity contribution in [2.24, 2.45) is 0 Å². The average Bonchev–Trinajstić information content (AvgIpc) is 3.09. The van der Waals surface area contributed by atoms with Crippen LogP contribution in [-0.2, 0) is 27.1 Å². The molecule has 3 aromatic rings. The minimum atomic E-state index is -3.49. The Morgan fingerprint density at radius 1 is 1.16 bits per heavy atom. The van der Waals surface area contributed by atoms with E-state index in [0.717, 1.165) is 11.3 Å². The van der Waals surface area contributed by atoms with Crippen LogP contribution in [0.15, 0.2) is 42.5 Å². The zero-order chi connectivity index (χ0) is 22.0. The summed E-state index contributed by atoms with van der Waals surface area (Å²) in [5.74, 6) is -0.938. The van der Waals surface area contributed by atoms with E-state index in [0.29, 0.717) is 52.4 Å². The molecule has 4 rings (SSSR count). The van der Waals surface area contributed by atoms with Crippen molar-refractivity contribution in [3.63, 3.8) is 0 Å². The second-order valence-electron chi connectivity index (χ2n) is 7.10. The Kier molecular flexibility index (Phi) is 6.59. The maximum atomic E-state index is 13.5. The monoisotopic (exact) mass is 482 g/mol. The van der Waals surface area contributed by atoms with Gasteiger partial charge in [0.25, 0.3) is 5.91 Å². The number of amides is 1. The van der Waals surface area contributed by atoms with E-state index in [4.69, 9.17) is 16.3 Å². The summed E-state index contributed by atoms with van der Waals surface area (Å²) < 4.78 is 46.3. The maximum absolute atomic E-state index is 13.5. The molecule has 2 heterocycles. The molecule has 0 spiro atoms. The summed E-state index contributed by atoms with van der Waals surface area (Å²) in [7, 11) is -3.49. The highest BCUT2D eigenvalue weighted by Gasteiger charge is 2.25. The van der Waals surface area contributed by atoms with E-state index in [2.05, 4.69) is 5.32 Å². The van der Waals surface area contributed by atoms with Gasteiger partial charge >= 0.3 is 0 Å². The van der Waals surface area contributed by atoms with E-state index in [1.54, 1.807) is 30.3 Å². The summed E-state index contributed by atoms with van der Waals surface area (Å²) in [6.45, 7) is 1.60. The third-order valence-corrected chi connectivity index (χ3v) is 8.54. The molecule has 1 aliphatic rings. The van der Waals surface area contributed by atoms with E-state index in [9.17, 15) is 17.6 Å². The molecule has 1 aromatic heterocycles. The van der Waals surface area contributed by atoms with Crippen molar-refractivity contribution in [2.75, 3.05) is 26.3 Å². The van der Waals surface area contributed by atoms with Gasteiger partial charge in [-0.25, -0.2) is 12.8 Å². The van der Waals surface area contributed by atoms with Crippen molar-refractivity contribution in [1.82, 2.24) is 9.62 Å². The quantitative estimate of drug-likeness (QED) is 0.580. The first kappa shape index (κ1) is 22.2. The van der Waals surface area contributed by atoms with Crippen molar-refractivity contribution in [2.45, 2.75) is 12.3 Å². The molecule has 1 aliphatic heterocycles. The minimum Gasteiger partial charge on any atom is -0.379 e. The summed E-state index contributed by atoms with van der Waals surface area (Å²) in [5, 5.41) is 3.70. The van der Waals surface area contributed by atoms with Crippen molar-refractivity contribution < 1.29 is 22.3 Å². The lowest BCUT2D eigenvalue weighted by Gasteiger charge is -2.26. The van der Waals surface area contributed by atoms with E-state index < -0.39 is 21.7 Å². The fraction of sp³-hybridized carbons (Fsp3) is 0.286. The fourth-order valence-corrected chi connectivity index (χ4v) is 6.45. The van der Waals surface area contributed by atoms with Crippen LogP contribution in [-0.4, -0.2) is 44.9 Å². The standard InChI is InChI=1S/C21H20ClFN2O4S2/c22-19-17-6-5-16(23)11-18(17)30-20(19)21(26)24-12-14-3-1-2-4-15(14)13-31(27,28)25-7-9-29-10-8-25/h1-6,11H,7-10,12-13H2,(H,24,26). The number of halogens is 2. The van der Waals surface area contributed by atoms with E-state index in [-0.39, 0.29) is 17.3 Å². The van der Waals surface area contributed by atoms with Gasteiger partial charge in [-0.3, -0.25) is 4.79 Å². The summed E-state index contributed by atoms with van der Waals surface area (Å²) in [5.41, 5.74) is 1.33. The molecule has 1 N–H and O–H groups in total. The number of morpholine rings is 1. The predicted molar refractivity (Wildman–Crippen MR) is 119 cm³/mol. The summed E-state index contributed by atoms with van der Waals surface area (Å²) in [4.78, 5) is 13.0. The van der Waals surface area contributed by atoms with Crippen LogP contribution in [0.1, 0.15) is 20.8 Å². The second-order valence-corrected chi connectivity index (χ2v) is 10.5. The first-order valence-corrected chi connectivity index (χ1v) is 12.4. The van der Waals surface area contributed by atoms with Gasteiger partial charge in [0.2, 0.25) is 10.0 Å². The SMILES string of the molecule is O=C(NCc1ccccc1CS(=O)(=O)N1CCOCC1)c1sc2cc(F)ccc2c1Cl. The number of benzene rings is 2. The Balaban J connectivity index is 1.49. The first-order chi connectivity index (χ1) is 14.8. The topological polar surface area (TPSA) is 75.7 Å². The van der Waals surface area contributed by atoms with Gasteiger partial charge < -0.3 is 10.1 Å². The Morgan fingerprint density at radius 3 is 2.61 bits per heavy atom. The van der Waals surface area contributed by atoms with Gasteiger partial charge in [0, 0.05) is 29.7 Å². The lowest BCUT2D eigenvalue weighted by Crippen LogP contribution is -2.41. The number of fused-ring (bicyclic) bond motifs is 1. The number of carbonyl (C=O) groups excluding carboxylic acids is 1. The average molecular weight is 483 g/mol. The highest BCUT2D eigenvalue weighted by Crippen LogP contribution is 2.35. The van der Waals surface area contributed by atoms with Crippen LogP contribution in [0.25, 0.3) is 10.1 Å². The Hall–Kier alpha value is -2.04. The number of nitrogens with one attached hydrogen (secondary N) is 1. The molecule has 0 radical (unpaired) electrons. The van der Waals surface area contributed by atoms with Crippen LogP contribution >= 0.6 is 22.9 Å². The highest BCUT2D eigenvalue weighted by molar-refractivity contribution is 7.88. The van der Waals surface area contributed by atoms with E-state index in [1.165, 1.54) is 16.4 Å². The molecule has 1 amide bonds. The van der Waals surface area contributed by atoms with Crippen LogP contribution in [0.2, 0.25) is 5.02 Å². The molecule has 1 saturated heterocycles. The zero-order valence-electron chi connectivity index (χ0n) is 16.4. The normalized spacial score (nSPS) is 15.3. The van der Waals surface area contributed by atoms with Gasteiger partial charge in [-0.2, -0.15) is 4.31 Å². The van der Waals surface area contributed by atoms with Gasteiger partial charge in [0.1, 0.15) is 10.7 Å². The number of thiophene rings is 1. The fourth-order valence-electron chi connectivity index (χ4n) is 3.42. The molecule has 1 fully saturated rings. The largest absolute Gasteiger partial charge is 0.379 e. The highest BCUT2D eigenvalue weighted by atomic mass is 35.5. The number of carbonyl (C=O) groups is 1. The Labute approximate surface area is 188 Å². The third kappa shape index (κ3) is 4.91. The van der Waals surface area contributed by atoms with Crippen LogP contribution in [0.3, 0.4) is 0 Å². The molecule has 0 atom stereocenters. The van der Waals surface area contributed by atoms with Crippen LogP contribution in [0.4, 0.5) is 4.39 Å². The molecule has 0 aliphatic carbocycles. The van der Waals surface area contributed by atoms with Gasteiger partial charge in [-0.05, 0) is 29.3 Å². The van der Waals surface area contributed by atoms with Gasteiger partial charge in [-0.15, -0.1) is 11.3 Å². The summed E-state index contributed by atoms with van der Waals surface area (Å²) in [6.07, 6.45) is 0. The number of hydrogen-bond donors (Lipinski definition) is 1. The number of ether oxygens (including phenoxy) is 1. The Bertz CT molecular complexity index is 1220. The van der Waals surface area contributed by atoms with Gasteiger partial charge in [0.05, 0.1) is 24.0 Å². The molecular formula is C21H20ClFN2O4S2. The van der Waals surface area contributed by atoms with Crippen molar-refractivity contribution >= 4 is 49.0 Å². The first-order valence-electron chi connectivity index (χ1n) is 9.63. The molecule has 10 heteroatoms. The molecule has 0 unspecified atom stereocenters. The van der Waals surface area contributed by atoms with Crippen LogP contribution in [0, 0.1) is 5.82 Å². The number of hydrogen-bond acceptors (Lipinski definition) is 5. The third-order valence-electron chi connectivity index (χ3n) is 5.06. The molecule has 6 nitrogen and oxygen atoms in total. The molecule has 2 aromatic carbocycles. The smallest absolute Gasteiger partial charge is 0.263 e. The minimum absolute atomic E-state index is 0.145. The molecule has 164 valence electrons. The van der Waals surface area contributed by atoms with Crippen LogP contribution in [0.5, 0.6) is 0 Å². The summed E-state index contributed by atoms with van der Waals surface area (Å²) >= 11 is 7.44. The van der Waals surface area contributed by atoms with Gasteiger partial charge in [-0.1, -0.05) is 35.9 Å². The zero-order valence-corrected chi connectivity index (χ0v) is 18.8. The molecule has 0 saturated carbocycles. The van der Waals surface area contributed by atoms with Crippen molar-refractivity contribution in [1.29, 1.82) is 0 Å². The molecule has 0 bridgehead atoms. The number of sulfonamides is 1. The lowest BCUT2D eigenvalue weighted by atomic mass is 10.1. The predicted octanol–water partition coefficient (Wildman–Crippen LogP) is 3.79. The van der Waals surface area contributed by atoms with Gasteiger partial charge in [0.15, 0.2) is 0 Å². The maximum Gasteiger partial charge on any atom is 0.263 e. The van der Waals surface area contributed by atoms with Crippen LogP contribution < -0.4 is 5.32 Å². The van der Waals surface area contributed by atoms with Crippen molar-refractivity contribution in [3.8, 4) is 0 Å². The number of rotatable bonds is 6. The second kappa shape index (κ2) is 9.22. The number of nitrogens with zero attached hydrogens (tertiary/aromatic N) is 1. The van der Waals surface area contributed by atoms with E-state index >= 15 is 0 Å². The Morgan fingerprint density at radius 2 is 1.87 bits per heavy atom. The molecular weight excluding hydrogens is 463 g/mol.